The van der Waals surface area contributed by atoms with E-state index in [2.05, 4.69) is 44.9 Å². The van der Waals surface area contributed by atoms with Gasteiger partial charge in [0.1, 0.15) is 5.82 Å². The van der Waals surface area contributed by atoms with Gasteiger partial charge in [-0.15, -0.1) is 10.2 Å². The van der Waals surface area contributed by atoms with Gasteiger partial charge in [-0.05, 0) is 66.3 Å². The fourth-order valence-corrected chi connectivity index (χ4v) is 4.04. The predicted molar refractivity (Wildman–Crippen MR) is 122 cm³/mol. The Morgan fingerprint density at radius 2 is 2.03 bits per heavy atom. The van der Waals surface area contributed by atoms with Crippen LogP contribution in [-0.4, -0.2) is 36.3 Å². The van der Waals surface area contributed by atoms with E-state index in [1.807, 2.05) is 31.5 Å². The van der Waals surface area contributed by atoms with Crippen molar-refractivity contribution in [2.75, 3.05) is 5.32 Å². The maximum absolute atomic E-state index is 14.6. The molecule has 2 aromatic carbocycles. The van der Waals surface area contributed by atoms with Crippen LogP contribution in [0.15, 0.2) is 48.8 Å². The maximum atomic E-state index is 14.6. The highest BCUT2D eigenvalue weighted by atomic mass is 19.1. The Bertz CT molecular complexity index is 1320. The third-order valence-corrected chi connectivity index (χ3v) is 6.18. The number of benzene rings is 2. The summed E-state index contributed by atoms with van der Waals surface area (Å²) in [6.45, 7) is 6.03. The highest BCUT2D eigenvalue weighted by molar-refractivity contribution is 6.02. The van der Waals surface area contributed by atoms with Gasteiger partial charge in [0.2, 0.25) is 11.7 Å². The number of carbonyl (C=O) groups is 1. The van der Waals surface area contributed by atoms with Crippen LogP contribution in [0.3, 0.4) is 0 Å². The summed E-state index contributed by atoms with van der Waals surface area (Å²) in [7, 11) is 0. The van der Waals surface area contributed by atoms with E-state index in [0.29, 0.717) is 41.4 Å². The summed E-state index contributed by atoms with van der Waals surface area (Å²) in [6, 6.07) is 10.5. The molecule has 8 nitrogen and oxygen atoms in total. The third kappa shape index (κ3) is 3.79. The number of rotatable bonds is 6. The molecular formula is C24H24FN7O. The van der Waals surface area contributed by atoms with E-state index < -0.39 is 5.41 Å². The van der Waals surface area contributed by atoms with Gasteiger partial charge in [-0.1, -0.05) is 26.0 Å². The summed E-state index contributed by atoms with van der Waals surface area (Å²) in [5.41, 5.74) is 3.52. The Morgan fingerprint density at radius 3 is 2.67 bits per heavy atom. The highest BCUT2D eigenvalue weighted by Crippen LogP contribution is 2.50. The fourth-order valence-electron chi connectivity index (χ4n) is 4.04. The average molecular weight is 446 g/mol. The number of hydrogen-bond acceptors (Lipinski definition) is 5. The van der Waals surface area contributed by atoms with Gasteiger partial charge < -0.3 is 5.32 Å². The van der Waals surface area contributed by atoms with Gasteiger partial charge in [-0.25, -0.2) is 9.07 Å². The molecule has 2 aromatic heterocycles. The summed E-state index contributed by atoms with van der Waals surface area (Å²) in [6.07, 6.45) is 5.01. The molecule has 168 valence electrons. The van der Waals surface area contributed by atoms with Gasteiger partial charge in [-0.3, -0.25) is 4.79 Å². The van der Waals surface area contributed by atoms with Crippen LogP contribution in [-0.2, 0) is 10.2 Å². The molecular weight excluding hydrogens is 421 g/mol. The molecule has 0 atom stereocenters. The standard InChI is InChI=1S/C24H24FN7O/c1-14(2)16-12-26-32(13-16)21-7-5-17(11-18(21)22-28-30-31-29-22)27-23(33)24(8-9-24)19-6-4-15(3)10-20(19)25/h4-7,10-14H,8-9H2,1-3H3,(H,27,33)(H,28,29,30,31). The topological polar surface area (TPSA) is 101 Å². The molecule has 0 saturated heterocycles. The molecule has 0 spiro atoms. The summed E-state index contributed by atoms with van der Waals surface area (Å²) in [4.78, 5) is 13.2. The van der Waals surface area contributed by atoms with E-state index in [4.69, 9.17) is 0 Å². The lowest BCUT2D eigenvalue weighted by Crippen LogP contribution is -2.28. The van der Waals surface area contributed by atoms with Crippen LogP contribution in [0, 0.1) is 12.7 Å². The molecule has 0 unspecified atom stereocenters. The number of halogens is 1. The number of aromatic nitrogens is 6. The van der Waals surface area contributed by atoms with Crippen molar-refractivity contribution < 1.29 is 9.18 Å². The van der Waals surface area contributed by atoms with Crippen LogP contribution < -0.4 is 5.32 Å². The first-order valence-corrected chi connectivity index (χ1v) is 10.9. The van der Waals surface area contributed by atoms with E-state index in [0.717, 1.165) is 16.8 Å². The molecule has 1 fully saturated rings. The van der Waals surface area contributed by atoms with Gasteiger partial charge >= 0.3 is 0 Å². The normalized spacial score (nSPS) is 14.5. The quantitative estimate of drug-likeness (QED) is 0.461. The minimum absolute atomic E-state index is 0.224. The second-order valence-electron chi connectivity index (χ2n) is 8.86. The lowest BCUT2D eigenvalue weighted by Gasteiger charge is -2.18. The van der Waals surface area contributed by atoms with E-state index >= 15 is 0 Å². The minimum atomic E-state index is -0.836. The van der Waals surface area contributed by atoms with Crippen LogP contribution >= 0.6 is 0 Å². The summed E-state index contributed by atoms with van der Waals surface area (Å²) < 4.78 is 16.4. The van der Waals surface area contributed by atoms with Crippen molar-refractivity contribution in [3.05, 3.63) is 71.3 Å². The van der Waals surface area contributed by atoms with E-state index in [-0.39, 0.29) is 11.7 Å². The maximum Gasteiger partial charge on any atom is 0.235 e. The van der Waals surface area contributed by atoms with Crippen molar-refractivity contribution in [1.82, 2.24) is 30.4 Å². The SMILES string of the molecule is Cc1ccc(C2(C(=O)Nc3ccc(-n4cc(C(C)C)cn4)c(-c4nn[nH]n4)c3)CC2)c(F)c1. The molecule has 0 bridgehead atoms. The summed E-state index contributed by atoms with van der Waals surface area (Å²) in [5.74, 6) is 0.152. The van der Waals surface area contributed by atoms with Crippen molar-refractivity contribution in [3.63, 3.8) is 0 Å². The van der Waals surface area contributed by atoms with E-state index in [1.54, 1.807) is 22.9 Å². The molecule has 2 heterocycles. The van der Waals surface area contributed by atoms with E-state index in [9.17, 15) is 9.18 Å². The van der Waals surface area contributed by atoms with Crippen molar-refractivity contribution in [2.24, 2.45) is 0 Å². The predicted octanol–water partition coefficient (Wildman–Crippen LogP) is 4.29. The lowest BCUT2D eigenvalue weighted by atomic mass is 9.93. The first kappa shape index (κ1) is 21.0. The highest BCUT2D eigenvalue weighted by Gasteiger charge is 2.52. The Labute approximate surface area is 190 Å². The number of anilines is 1. The number of aryl methyl sites for hydroxylation is 1. The Balaban J connectivity index is 1.48. The second kappa shape index (κ2) is 7.91. The van der Waals surface area contributed by atoms with Crippen molar-refractivity contribution in [3.8, 4) is 17.1 Å². The monoisotopic (exact) mass is 445 g/mol. The molecule has 4 aromatic rings. The Kier molecular flexibility index (Phi) is 5.03. The van der Waals surface area contributed by atoms with Gasteiger partial charge in [0.25, 0.3) is 0 Å². The molecule has 1 saturated carbocycles. The van der Waals surface area contributed by atoms with Gasteiger partial charge in [0.15, 0.2) is 0 Å². The number of nitrogens with zero attached hydrogens (tertiary/aromatic N) is 5. The smallest absolute Gasteiger partial charge is 0.235 e. The van der Waals surface area contributed by atoms with Crippen molar-refractivity contribution in [1.29, 1.82) is 0 Å². The molecule has 2 N–H and O–H groups in total. The van der Waals surface area contributed by atoms with Crippen LogP contribution in [0.2, 0.25) is 0 Å². The summed E-state index contributed by atoms with van der Waals surface area (Å²) in [5, 5.41) is 21.8. The first-order valence-electron chi connectivity index (χ1n) is 10.9. The van der Waals surface area contributed by atoms with Crippen LogP contribution in [0.5, 0.6) is 0 Å². The number of H-pyrrole nitrogens is 1. The number of carbonyl (C=O) groups excluding carboxylic acids is 1. The molecule has 1 aliphatic carbocycles. The van der Waals surface area contributed by atoms with Crippen LogP contribution in [0.25, 0.3) is 17.1 Å². The molecule has 5 rings (SSSR count). The average Bonchev–Trinajstić information content (AvgIpc) is 3.19. The Hall–Kier alpha value is -3.88. The number of tetrazole rings is 1. The van der Waals surface area contributed by atoms with Crippen molar-refractivity contribution in [2.45, 2.75) is 44.9 Å². The molecule has 0 aliphatic heterocycles. The number of hydrogen-bond donors (Lipinski definition) is 2. The fraction of sp³-hybridized carbons (Fsp3) is 0.292. The number of amides is 1. The van der Waals surface area contributed by atoms with E-state index in [1.165, 1.54) is 6.07 Å². The van der Waals surface area contributed by atoms with Gasteiger partial charge in [0.05, 0.1) is 22.9 Å². The zero-order valence-corrected chi connectivity index (χ0v) is 18.6. The zero-order valence-electron chi connectivity index (χ0n) is 18.6. The van der Waals surface area contributed by atoms with Crippen molar-refractivity contribution >= 4 is 11.6 Å². The third-order valence-electron chi connectivity index (χ3n) is 6.18. The number of aromatic amines is 1. The molecule has 0 radical (unpaired) electrons. The summed E-state index contributed by atoms with van der Waals surface area (Å²) >= 11 is 0. The molecule has 1 amide bonds. The molecule has 33 heavy (non-hydrogen) atoms. The lowest BCUT2D eigenvalue weighted by molar-refractivity contribution is -0.118. The number of nitrogens with one attached hydrogen (secondary N) is 2. The van der Waals surface area contributed by atoms with Crippen LogP contribution in [0.4, 0.5) is 10.1 Å². The second-order valence-corrected chi connectivity index (χ2v) is 8.86. The Morgan fingerprint density at radius 1 is 1.21 bits per heavy atom. The van der Waals surface area contributed by atoms with Gasteiger partial charge in [-0.2, -0.15) is 10.3 Å². The largest absolute Gasteiger partial charge is 0.325 e. The molecule has 1 aliphatic rings. The first-order chi connectivity index (χ1) is 15.9. The zero-order chi connectivity index (χ0) is 23.2. The van der Waals surface area contributed by atoms with Gasteiger partial charge in [0, 0.05) is 17.4 Å². The minimum Gasteiger partial charge on any atom is -0.325 e. The van der Waals surface area contributed by atoms with Crippen LogP contribution in [0.1, 0.15) is 49.3 Å². The molecule has 9 heteroatoms.